The number of halogens is 5. The summed E-state index contributed by atoms with van der Waals surface area (Å²) in [5.74, 6) is -2.41. The van der Waals surface area contributed by atoms with Gasteiger partial charge in [-0.25, -0.2) is 24.2 Å². The maximum atomic E-state index is 11.6. The molecule has 16 heteroatoms. The number of ether oxygens (including phenoxy) is 1. The van der Waals surface area contributed by atoms with Gasteiger partial charge in [0.25, 0.3) is 0 Å². The lowest BCUT2D eigenvalue weighted by Crippen LogP contribution is -2.52. The average Bonchev–Trinajstić information content (AvgIpc) is 3.58. The zero-order chi connectivity index (χ0) is 33.9. The minimum absolute atomic E-state index is 0.144. The van der Waals surface area contributed by atoms with E-state index in [-0.39, 0.29) is 12.1 Å². The second kappa shape index (κ2) is 14.7. The van der Waals surface area contributed by atoms with E-state index in [4.69, 9.17) is 52.9 Å². The third-order valence-electron chi connectivity index (χ3n) is 8.66. The van der Waals surface area contributed by atoms with E-state index in [0.717, 1.165) is 67.1 Å². The van der Waals surface area contributed by atoms with Crippen LogP contribution in [-0.4, -0.2) is 97.9 Å². The number of carboxylic acids is 2. The van der Waals surface area contributed by atoms with Crippen LogP contribution in [0.1, 0.15) is 56.8 Å². The molecule has 11 nitrogen and oxygen atoms in total. The van der Waals surface area contributed by atoms with Gasteiger partial charge in [-0.2, -0.15) is 18.3 Å². The maximum absolute atomic E-state index is 11.6. The molecule has 0 saturated carbocycles. The van der Waals surface area contributed by atoms with Crippen molar-refractivity contribution in [2.75, 3.05) is 31.6 Å². The number of benzene rings is 1. The quantitative estimate of drug-likeness (QED) is 0.297. The molecule has 5 atom stereocenters. The first-order valence-electron chi connectivity index (χ1n) is 14.9. The van der Waals surface area contributed by atoms with Gasteiger partial charge in [-0.3, -0.25) is 4.90 Å². The van der Waals surface area contributed by atoms with Crippen LogP contribution in [0.15, 0.2) is 24.4 Å². The van der Waals surface area contributed by atoms with Gasteiger partial charge in [-0.15, -0.1) is 0 Å². The molecule has 2 aliphatic rings. The van der Waals surface area contributed by atoms with Crippen molar-refractivity contribution in [2.45, 2.75) is 76.9 Å². The topological polar surface area (TPSA) is 134 Å². The molecule has 5 rings (SSSR count). The second-order valence-electron chi connectivity index (χ2n) is 11.7. The van der Waals surface area contributed by atoms with E-state index in [0.29, 0.717) is 28.4 Å². The summed E-state index contributed by atoms with van der Waals surface area (Å²) in [5, 5.41) is 22.6. The van der Waals surface area contributed by atoms with Gasteiger partial charge in [-0.1, -0.05) is 36.2 Å². The summed E-state index contributed by atoms with van der Waals surface area (Å²) in [6, 6.07) is 6.00. The normalized spacial score (nSPS) is 21.9. The van der Waals surface area contributed by atoms with Crippen molar-refractivity contribution in [2.24, 2.45) is 5.92 Å². The Hall–Kier alpha value is -3.20. The van der Waals surface area contributed by atoms with Gasteiger partial charge in [0.15, 0.2) is 11.8 Å². The number of hydrogen-bond donors (Lipinski definition) is 2. The van der Waals surface area contributed by atoms with Crippen molar-refractivity contribution in [1.82, 2.24) is 24.6 Å². The highest BCUT2D eigenvalue weighted by atomic mass is 35.5. The largest absolute Gasteiger partial charge is 0.490 e. The fourth-order valence-corrected chi connectivity index (χ4v) is 6.93. The summed E-state index contributed by atoms with van der Waals surface area (Å²) in [6.07, 6.45) is -0.372. The zero-order valence-electron chi connectivity index (χ0n) is 25.8. The van der Waals surface area contributed by atoms with Gasteiger partial charge < -0.3 is 19.8 Å². The van der Waals surface area contributed by atoms with Gasteiger partial charge >= 0.3 is 18.1 Å². The second-order valence-corrected chi connectivity index (χ2v) is 12.5. The first-order chi connectivity index (χ1) is 21.6. The molecule has 46 heavy (non-hydrogen) atoms. The Labute approximate surface area is 274 Å². The summed E-state index contributed by atoms with van der Waals surface area (Å²) < 4.78 is 38.9. The van der Waals surface area contributed by atoms with E-state index in [1.54, 1.807) is 6.07 Å². The van der Waals surface area contributed by atoms with E-state index in [9.17, 15) is 23.1 Å². The highest BCUT2D eigenvalue weighted by molar-refractivity contribution is 6.35. The lowest BCUT2D eigenvalue weighted by atomic mass is 9.91. The predicted octanol–water partition coefficient (Wildman–Crippen LogP) is 5.85. The van der Waals surface area contributed by atoms with Crippen LogP contribution in [0, 0.1) is 12.8 Å². The fourth-order valence-electron chi connectivity index (χ4n) is 6.36. The number of hydrogen-bond acceptors (Lipinski definition) is 8. The van der Waals surface area contributed by atoms with Crippen LogP contribution in [0.3, 0.4) is 0 Å². The zero-order valence-corrected chi connectivity index (χ0v) is 27.4. The Morgan fingerprint density at radius 3 is 2.46 bits per heavy atom. The Kier molecular flexibility index (Phi) is 11.4. The fraction of sp³-hybridized carbons (Fsp3) is 0.567. The van der Waals surface area contributed by atoms with E-state index < -0.39 is 24.2 Å². The molecule has 2 aliphatic heterocycles. The first-order valence-corrected chi connectivity index (χ1v) is 15.6. The van der Waals surface area contributed by atoms with Crippen LogP contribution in [0.2, 0.25) is 10.0 Å². The van der Waals surface area contributed by atoms with Crippen LogP contribution < -0.4 is 4.90 Å². The minimum atomic E-state index is -5.08. The van der Waals surface area contributed by atoms with E-state index >= 15 is 0 Å². The molecule has 2 aromatic heterocycles. The smallest absolute Gasteiger partial charge is 0.479 e. The van der Waals surface area contributed by atoms with Crippen molar-refractivity contribution in [3.63, 3.8) is 0 Å². The van der Waals surface area contributed by atoms with Crippen LogP contribution in [0.25, 0.3) is 11.2 Å². The van der Waals surface area contributed by atoms with Crippen molar-refractivity contribution < 1.29 is 37.7 Å². The highest BCUT2D eigenvalue weighted by Gasteiger charge is 2.39. The van der Waals surface area contributed by atoms with Crippen LogP contribution in [0.4, 0.5) is 19.0 Å². The first kappa shape index (κ1) is 35.7. The van der Waals surface area contributed by atoms with Gasteiger partial charge in [-0.05, 0) is 69.7 Å². The Morgan fingerprint density at radius 2 is 1.87 bits per heavy atom. The number of nitrogens with zero attached hydrogens (tertiary/aromatic N) is 6. The number of aliphatic carboxylic acids is 2. The van der Waals surface area contributed by atoms with Gasteiger partial charge in [0.05, 0.1) is 17.9 Å². The molecule has 0 amide bonds. The van der Waals surface area contributed by atoms with Gasteiger partial charge in [0, 0.05) is 42.3 Å². The Balaban J connectivity index is 0.000000617. The number of likely N-dealkylation sites (tertiary alicyclic amines) is 1. The summed E-state index contributed by atoms with van der Waals surface area (Å²) in [4.78, 5) is 35.1. The third-order valence-corrected chi connectivity index (χ3v) is 9.22. The molecular weight excluding hydrogens is 652 g/mol. The summed E-state index contributed by atoms with van der Waals surface area (Å²) in [7, 11) is 1.48. The number of rotatable bonds is 8. The number of aromatic nitrogens is 4. The van der Waals surface area contributed by atoms with Gasteiger partial charge in [0.2, 0.25) is 0 Å². The van der Waals surface area contributed by atoms with Crippen molar-refractivity contribution >= 4 is 52.1 Å². The Bertz CT molecular complexity index is 1560. The predicted molar refractivity (Wildman–Crippen MR) is 167 cm³/mol. The summed E-state index contributed by atoms with van der Waals surface area (Å²) in [5.41, 5.74) is 3.26. The SMILES string of the molecule is COC(C[C@@H]1CCCN1C1CCN(c2cnc3c(C)nn(C(C)c4ccc(Cl)cc4Cl)c3n2)CC1C)C(=O)O.O=C(O)C(F)(F)F. The minimum Gasteiger partial charge on any atom is -0.479 e. The molecule has 3 aromatic rings. The van der Waals surface area contributed by atoms with E-state index in [1.807, 2.05) is 36.9 Å². The van der Waals surface area contributed by atoms with E-state index in [1.165, 1.54) is 7.11 Å². The molecule has 2 fully saturated rings. The maximum Gasteiger partial charge on any atom is 0.490 e. The lowest BCUT2D eigenvalue weighted by molar-refractivity contribution is -0.192. The van der Waals surface area contributed by atoms with Crippen molar-refractivity contribution in [1.29, 1.82) is 0 Å². The summed E-state index contributed by atoms with van der Waals surface area (Å²) in [6.45, 7) is 8.99. The van der Waals surface area contributed by atoms with Gasteiger partial charge in [0.1, 0.15) is 11.3 Å². The highest BCUT2D eigenvalue weighted by Crippen LogP contribution is 2.34. The van der Waals surface area contributed by atoms with E-state index in [2.05, 4.69) is 16.7 Å². The molecule has 1 aromatic carbocycles. The number of aryl methyl sites for hydroxylation is 1. The number of fused-ring (bicyclic) bond motifs is 1. The van der Waals surface area contributed by atoms with Crippen LogP contribution in [-0.2, 0) is 14.3 Å². The number of carbonyl (C=O) groups is 2. The average molecular weight is 690 g/mol. The standard InChI is InChI=1S/C28H36Cl2N6O3.C2HF3O2/c1-16-15-34(11-9-23(16)35-10-5-6-20(35)13-24(39-4)28(37)38)25-14-31-26-17(2)33-36(27(26)32-25)18(3)21-8-7-19(29)12-22(21)30;3-2(4,5)1(6)7/h7-8,12,14,16,18,20,23-24H,5-6,9-11,13,15H2,1-4H3,(H,37,38);(H,6,7)/t16?,18?,20-,23?,24?;/m0./s1. The monoisotopic (exact) mass is 688 g/mol. The molecule has 252 valence electrons. The molecule has 0 radical (unpaired) electrons. The van der Waals surface area contributed by atoms with Crippen LogP contribution >= 0.6 is 23.2 Å². The molecular formula is C30H37Cl2F3N6O5. The lowest BCUT2D eigenvalue weighted by Gasteiger charge is -2.44. The van der Waals surface area contributed by atoms with Crippen molar-refractivity contribution in [3.8, 4) is 0 Å². The molecule has 2 saturated heterocycles. The third kappa shape index (κ3) is 8.01. The number of carboxylic acid groups (broad SMARTS) is 2. The Morgan fingerprint density at radius 1 is 1.17 bits per heavy atom. The molecule has 4 heterocycles. The molecule has 2 N–H and O–H groups in total. The number of anilines is 1. The van der Waals surface area contributed by atoms with Crippen LogP contribution in [0.5, 0.6) is 0 Å². The molecule has 0 bridgehead atoms. The number of piperidine rings is 1. The summed E-state index contributed by atoms with van der Waals surface area (Å²) >= 11 is 12.6. The molecule has 4 unspecified atom stereocenters. The van der Waals surface area contributed by atoms with Crippen molar-refractivity contribution in [3.05, 3.63) is 45.7 Å². The number of methoxy groups -OCH3 is 1. The molecule has 0 aliphatic carbocycles. The molecule has 0 spiro atoms. The number of alkyl halides is 3.